The Morgan fingerprint density at radius 2 is 1.52 bits per heavy atom. The molecule has 0 spiro atoms. The van der Waals surface area contributed by atoms with Crippen LogP contribution in [0.4, 0.5) is 0 Å². The van der Waals surface area contributed by atoms with Gasteiger partial charge in [0.1, 0.15) is 30.0 Å². The Balaban J connectivity index is 2.80. The van der Waals surface area contributed by atoms with Gasteiger partial charge in [0.25, 0.3) is 5.56 Å². The van der Waals surface area contributed by atoms with Crippen molar-refractivity contribution in [2.24, 2.45) is 5.11 Å². The number of rotatable bonds is 9. The van der Waals surface area contributed by atoms with Crippen LogP contribution in [0.25, 0.3) is 10.4 Å². The predicted octanol–water partition coefficient (Wildman–Crippen LogP) is 4.60. The second-order valence-corrected chi connectivity index (χ2v) is 24.4. The van der Waals surface area contributed by atoms with Crippen LogP contribution in [0.15, 0.2) is 27.0 Å². The molecule has 13 nitrogen and oxygen atoms in total. The highest BCUT2D eigenvalue weighted by atomic mass is 28.4. The molecule has 2 N–H and O–H groups in total. The van der Waals surface area contributed by atoms with Crippen LogP contribution in [0.3, 0.4) is 0 Å². The standard InChI is InChI=1S/C27H49N5O8Si2/c1-25(2,3)38-23(35)17(30-31-28)18(34)19-20(39-41(10,11)26(4,5)6)21(40-42(12,13)27(7,8)9)22(37-19)32-15-14-16(33)29-24(32)36/h14-15,17-22,34H,1-13H3,(H,29,33,36)/t17-,18+,19+,20+,21+,22+/m0/s1. The Morgan fingerprint density at radius 3 is 1.95 bits per heavy atom. The first-order chi connectivity index (χ1) is 18.8. The van der Waals surface area contributed by atoms with Gasteiger partial charge in [-0.15, -0.1) is 0 Å². The summed E-state index contributed by atoms with van der Waals surface area (Å²) in [5.41, 5.74) is 7.05. The molecule has 238 valence electrons. The molecule has 1 aliphatic heterocycles. The fourth-order valence-corrected chi connectivity index (χ4v) is 6.52. The molecule has 0 saturated carbocycles. The number of aliphatic hydroxyl groups excluding tert-OH is 1. The van der Waals surface area contributed by atoms with Gasteiger partial charge in [-0.25, -0.2) is 4.79 Å². The van der Waals surface area contributed by atoms with Crippen LogP contribution in [-0.4, -0.2) is 73.3 Å². The number of hydrogen-bond acceptors (Lipinski definition) is 9. The van der Waals surface area contributed by atoms with Crippen molar-refractivity contribution < 1.29 is 28.2 Å². The van der Waals surface area contributed by atoms with Crippen molar-refractivity contribution in [2.45, 2.75) is 141 Å². The number of hydrogen-bond donors (Lipinski definition) is 2. The molecular formula is C27H49N5O8Si2. The zero-order chi connectivity index (χ0) is 32.6. The van der Waals surface area contributed by atoms with E-state index in [0.717, 1.165) is 0 Å². The maximum atomic E-state index is 13.1. The Kier molecular flexibility index (Phi) is 10.6. The minimum atomic E-state index is -2.61. The monoisotopic (exact) mass is 627 g/mol. The molecule has 0 amide bonds. The summed E-state index contributed by atoms with van der Waals surface area (Å²) in [6.07, 6.45) is -4.78. The normalized spacial score (nSPS) is 23.7. The van der Waals surface area contributed by atoms with E-state index in [1.165, 1.54) is 16.8 Å². The van der Waals surface area contributed by atoms with Gasteiger partial charge < -0.3 is 23.4 Å². The Bertz CT molecular complexity index is 1290. The molecule has 1 aliphatic rings. The molecule has 1 saturated heterocycles. The number of H-pyrrole nitrogens is 1. The number of azide groups is 1. The van der Waals surface area contributed by atoms with Crippen LogP contribution in [0.2, 0.25) is 36.3 Å². The van der Waals surface area contributed by atoms with Gasteiger partial charge in [0, 0.05) is 17.2 Å². The molecule has 0 aromatic carbocycles. The lowest BCUT2D eigenvalue weighted by atomic mass is 10.00. The van der Waals surface area contributed by atoms with Crippen LogP contribution < -0.4 is 11.2 Å². The lowest BCUT2D eigenvalue weighted by Gasteiger charge is -2.44. The summed E-state index contributed by atoms with van der Waals surface area (Å²) >= 11 is 0. The highest BCUT2D eigenvalue weighted by molar-refractivity contribution is 6.74. The lowest BCUT2D eigenvalue weighted by Crippen LogP contribution is -2.56. The highest BCUT2D eigenvalue weighted by Crippen LogP contribution is 2.46. The van der Waals surface area contributed by atoms with E-state index in [1.807, 2.05) is 26.2 Å². The summed E-state index contributed by atoms with van der Waals surface area (Å²) in [6, 6.07) is -0.491. The van der Waals surface area contributed by atoms with Crippen molar-refractivity contribution in [3.05, 3.63) is 43.5 Å². The van der Waals surface area contributed by atoms with E-state index in [4.69, 9.17) is 18.3 Å². The second-order valence-electron chi connectivity index (χ2n) is 14.9. The summed E-state index contributed by atoms with van der Waals surface area (Å²) in [6.45, 7) is 25.4. The van der Waals surface area contributed by atoms with E-state index < -0.39 is 76.1 Å². The third kappa shape index (κ3) is 8.21. The molecule has 0 radical (unpaired) electrons. The Morgan fingerprint density at radius 1 is 1.02 bits per heavy atom. The summed E-state index contributed by atoms with van der Waals surface area (Å²) < 4.78 is 26.8. The smallest absolute Gasteiger partial charge is 0.330 e. The van der Waals surface area contributed by atoms with Crippen molar-refractivity contribution in [1.29, 1.82) is 0 Å². The average Bonchev–Trinajstić information content (AvgIpc) is 3.10. The SMILES string of the molecule is CC(C)(C)OC(=O)[C@@H](N=[N+]=[N-])[C@@H](O)[C@H]1O[C@@H](n2ccc(=O)[nH]c2=O)[C@H](O[Si](C)(C)C(C)(C)C)[C@@H]1O[Si](C)(C)C(C)(C)C. The number of carbonyl (C=O) groups excluding carboxylic acids is 1. The van der Waals surface area contributed by atoms with E-state index >= 15 is 0 Å². The van der Waals surface area contributed by atoms with Gasteiger partial charge in [-0.2, -0.15) is 0 Å². The highest BCUT2D eigenvalue weighted by Gasteiger charge is 2.57. The van der Waals surface area contributed by atoms with Gasteiger partial charge >= 0.3 is 11.7 Å². The van der Waals surface area contributed by atoms with Gasteiger partial charge in [0.2, 0.25) is 0 Å². The van der Waals surface area contributed by atoms with Crippen LogP contribution >= 0.6 is 0 Å². The number of aliphatic hydroxyl groups is 1. The third-order valence-electron chi connectivity index (χ3n) is 8.31. The summed E-state index contributed by atoms with van der Waals surface area (Å²) in [4.78, 5) is 43.1. The minimum Gasteiger partial charge on any atom is -0.460 e. The van der Waals surface area contributed by atoms with Gasteiger partial charge in [0.05, 0.1) is 0 Å². The second kappa shape index (κ2) is 12.4. The number of aromatic amines is 1. The molecule has 0 unspecified atom stereocenters. The number of nitrogens with one attached hydrogen (secondary N) is 1. The molecule has 15 heteroatoms. The number of aromatic nitrogens is 2. The van der Waals surface area contributed by atoms with E-state index in [-0.39, 0.29) is 10.1 Å². The van der Waals surface area contributed by atoms with E-state index in [1.54, 1.807) is 20.8 Å². The van der Waals surface area contributed by atoms with Crippen LogP contribution in [0.5, 0.6) is 0 Å². The Labute approximate surface area is 249 Å². The fraction of sp³-hybridized carbons (Fsp3) is 0.815. The van der Waals surface area contributed by atoms with Crippen molar-refractivity contribution in [1.82, 2.24) is 9.55 Å². The third-order valence-corrected chi connectivity index (χ3v) is 17.3. The number of nitrogens with zero attached hydrogens (tertiary/aromatic N) is 4. The average molecular weight is 628 g/mol. The molecule has 1 aromatic rings. The molecule has 6 atom stereocenters. The van der Waals surface area contributed by atoms with Gasteiger partial charge in [-0.05, 0) is 62.6 Å². The van der Waals surface area contributed by atoms with E-state index in [9.17, 15) is 25.0 Å². The first-order valence-corrected chi connectivity index (χ1v) is 19.9. The molecule has 2 heterocycles. The molecule has 1 aromatic heterocycles. The largest absolute Gasteiger partial charge is 0.460 e. The summed E-state index contributed by atoms with van der Waals surface area (Å²) in [5, 5.41) is 14.7. The number of carbonyl (C=O) groups is 1. The van der Waals surface area contributed by atoms with Crippen LogP contribution in [0.1, 0.15) is 68.5 Å². The Hall–Kier alpha value is -2.27. The zero-order valence-corrected chi connectivity index (χ0v) is 29.2. The van der Waals surface area contributed by atoms with Gasteiger partial charge in [-0.1, -0.05) is 46.7 Å². The fourth-order valence-electron chi connectivity index (χ4n) is 3.94. The first-order valence-electron chi connectivity index (χ1n) is 14.1. The van der Waals surface area contributed by atoms with Crippen LogP contribution in [0, 0.1) is 0 Å². The lowest BCUT2D eigenvalue weighted by molar-refractivity contribution is -0.164. The van der Waals surface area contributed by atoms with Gasteiger partial charge in [0.15, 0.2) is 28.9 Å². The molecular weight excluding hydrogens is 578 g/mol. The van der Waals surface area contributed by atoms with E-state index in [2.05, 4.69) is 56.6 Å². The maximum Gasteiger partial charge on any atom is 0.330 e. The number of esters is 1. The summed E-state index contributed by atoms with van der Waals surface area (Å²) in [5.74, 6) is -0.936. The first kappa shape index (κ1) is 35.9. The van der Waals surface area contributed by atoms with Crippen LogP contribution in [-0.2, 0) is 23.1 Å². The molecule has 0 bridgehead atoms. The maximum absolute atomic E-state index is 13.1. The predicted molar refractivity (Wildman–Crippen MR) is 164 cm³/mol. The van der Waals surface area contributed by atoms with Crippen molar-refractivity contribution >= 4 is 22.6 Å². The molecule has 42 heavy (non-hydrogen) atoms. The van der Waals surface area contributed by atoms with Gasteiger partial charge in [-0.3, -0.25) is 19.1 Å². The topological polar surface area (TPSA) is 178 Å². The quantitative estimate of drug-likeness (QED) is 0.131. The molecule has 0 aliphatic carbocycles. The molecule has 2 rings (SSSR count). The van der Waals surface area contributed by atoms with Crippen molar-refractivity contribution in [3.8, 4) is 0 Å². The van der Waals surface area contributed by atoms with Crippen molar-refractivity contribution in [3.63, 3.8) is 0 Å². The zero-order valence-electron chi connectivity index (χ0n) is 27.2. The molecule has 1 fully saturated rings. The summed E-state index contributed by atoms with van der Waals surface area (Å²) in [7, 11) is -5.20. The van der Waals surface area contributed by atoms with E-state index in [0.29, 0.717) is 0 Å². The number of ether oxygens (including phenoxy) is 2. The minimum absolute atomic E-state index is 0.254. The van der Waals surface area contributed by atoms with Crippen molar-refractivity contribution in [2.75, 3.05) is 0 Å².